The van der Waals surface area contributed by atoms with Gasteiger partial charge in [0.1, 0.15) is 0 Å². The maximum atomic E-state index is 12.7. The monoisotopic (exact) mass is 283 g/mol. The summed E-state index contributed by atoms with van der Waals surface area (Å²) in [5, 5.41) is 4.30. The molecule has 1 aromatic carbocycles. The Morgan fingerprint density at radius 1 is 1.25 bits per heavy atom. The molecule has 0 fully saturated rings. The van der Waals surface area contributed by atoms with Gasteiger partial charge in [0.2, 0.25) is 0 Å². The largest absolute Gasteiger partial charge is 0.416 e. The Kier molecular flexibility index (Phi) is 4.13. The SMILES string of the molecule is Cn1nc(CCCN)cc1-c1cccc(C(F)(F)F)c1. The lowest BCUT2D eigenvalue weighted by Crippen LogP contribution is -2.05. The first-order valence-electron chi connectivity index (χ1n) is 6.32. The fourth-order valence-corrected chi connectivity index (χ4v) is 2.06. The average molecular weight is 283 g/mol. The van der Waals surface area contributed by atoms with Crippen LogP contribution in [0.2, 0.25) is 0 Å². The van der Waals surface area contributed by atoms with E-state index in [9.17, 15) is 13.2 Å². The molecule has 3 nitrogen and oxygen atoms in total. The first kappa shape index (κ1) is 14.6. The van der Waals surface area contributed by atoms with Crippen molar-refractivity contribution < 1.29 is 13.2 Å². The van der Waals surface area contributed by atoms with Crippen molar-refractivity contribution in [1.29, 1.82) is 0 Å². The van der Waals surface area contributed by atoms with E-state index in [0.717, 1.165) is 30.7 Å². The van der Waals surface area contributed by atoms with Crippen LogP contribution in [-0.2, 0) is 19.6 Å². The summed E-state index contributed by atoms with van der Waals surface area (Å²) in [6, 6.07) is 7.08. The molecule has 0 spiro atoms. The van der Waals surface area contributed by atoms with Crippen LogP contribution in [0.25, 0.3) is 11.3 Å². The summed E-state index contributed by atoms with van der Waals surface area (Å²) in [4.78, 5) is 0. The van der Waals surface area contributed by atoms with Crippen molar-refractivity contribution in [2.75, 3.05) is 6.54 Å². The highest BCUT2D eigenvalue weighted by atomic mass is 19.4. The molecule has 2 N–H and O–H groups in total. The van der Waals surface area contributed by atoms with Crippen LogP contribution in [0.4, 0.5) is 13.2 Å². The summed E-state index contributed by atoms with van der Waals surface area (Å²) < 4.78 is 39.8. The standard InChI is InChI=1S/C14H16F3N3/c1-20-13(9-12(19-20)6-3-7-18)10-4-2-5-11(8-10)14(15,16)17/h2,4-5,8-9H,3,6-7,18H2,1H3. The number of halogens is 3. The summed E-state index contributed by atoms with van der Waals surface area (Å²) in [5.74, 6) is 0. The molecule has 0 aliphatic rings. The van der Waals surface area contributed by atoms with E-state index < -0.39 is 11.7 Å². The van der Waals surface area contributed by atoms with E-state index in [1.54, 1.807) is 17.8 Å². The average Bonchev–Trinajstić information content (AvgIpc) is 2.77. The van der Waals surface area contributed by atoms with Gasteiger partial charge in [-0.1, -0.05) is 12.1 Å². The molecule has 0 radical (unpaired) electrons. The van der Waals surface area contributed by atoms with Gasteiger partial charge in [0.15, 0.2) is 0 Å². The van der Waals surface area contributed by atoms with Crippen LogP contribution in [0.15, 0.2) is 30.3 Å². The highest BCUT2D eigenvalue weighted by Crippen LogP contribution is 2.32. The molecular weight excluding hydrogens is 267 g/mol. The van der Waals surface area contributed by atoms with Crippen LogP contribution in [-0.4, -0.2) is 16.3 Å². The van der Waals surface area contributed by atoms with Crippen LogP contribution in [0.1, 0.15) is 17.7 Å². The molecule has 2 aromatic rings. The predicted molar refractivity (Wildman–Crippen MR) is 71.0 cm³/mol. The number of alkyl halides is 3. The quantitative estimate of drug-likeness (QED) is 0.937. The van der Waals surface area contributed by atoms with Gasteiger partial charge < -0.3 is 5.73 Å². The lowest BCUT2D eigenvalue weighted by Gasteiger charge is -2.08. The molecule has 0 unspecified atom stereocenters. The number of aromatic nitrogens is 2. The number of aryl methyl sites for hydroxylation is 2. The second-order valence-corrected chi connectivity index (χ2v) is 4.62. The van der Waals surface area contributed by atoms with Crippen LogP contribution in [0, 0.1) is 0 Å². The summed E-state index contributed by atoms with van der Waals surface area (Å²) in [5.41, 5.74) is 6.80. The Balaban J connectivity index is 2.34. The minimum atomic E-state index is -4.34. The molecule has 0 aliphatic carbocycles. The van der Waals surface area contributed by atoms with Gasteiger partial charge in [-0.3, -0.25) is 4.68 Å². The second-order valence-electron chi connectivity index (χ2n) is 4.62. The second kappa shape index (κ2) is 5.66. The van der Waals surface area contributed by atoms with Gasteiger partial charge in [0, 0.05) is 12.6 Å². The van der Waals surface area contributed by atoms with Crippen molar-refractivity contribution in [3.8, 4) is 11.3 Å². The Hall–Kier alpha value is -1.82. The van der Waals surface area contributed by atoms with Gasteiger partial charge in [-0.25, -0.2) is 0 Å². The number of hydrogen-bond acceptors (Lipinski definition) is 2. The minimum absolute atomic E-state index is 0.508. The highest BCUT2D eigenvalue weighted by molar-refractivity contribution is 5.61. The van der Waals surface area contributed by atoms with Gasteiger partial charge in [-0.15, -0.1) is 0 Å². The zero-order valence-corrected chi connectivity index (χ0v) is 11.1. The smallest absolute Gasteiger partial charge is 0.330 e. The third-order valence-electron chi connectivity index (χ3n) is 3.05. The molecule has 0 atom stereocenters. The zero-order chi connectivity index (χ0) is 14.8. The van der Waals surface area contributed by atoms with E-state index in [-0.39, 0.29) is 0 Å². The Labute approximate surface area is 115 Å². The maximum Gasteiger partial charge on any atom is 0.416 e. The lowest BCUT2D eigenvalue weighted by molar-refractivity contribution is -0.137. The molecule has 2 rings (SSSR count). The molecular formula is C14H16F3N3. The topological polar surface area (TPSA) is 43.8 Å². The summed E-state index contributed by atoms with van der Waals surface area (Å²) in [6.45, 7) is 0.565. The number of rotatable bonds is 4. The fourth-order valence-electron chi connectivity index (χ4n) is 2.06. The summed E-state index contributed by atoms with van der Waals surface area (Å²) in [6.07, 6.45) is -2.81. The number of benzene rings is 1. The van der Waals surface area contributed by atoms with E-state index in [0.29, 0.717) is 17.8 Å². The van der Waals surface area contributed by atoms with Crippen molar-refractivity contribution in [2.45, 2.75) is 19.0 Å². The number of hydrogen-bond donors (Lipinski definition) is 1. The Bertz CT molecular complexity index is 588. The van der Waals surface area contributed by atoms with Gasteiger partial charge in [0.05, 0.1) is 17.0 Å². The third-order valence-corrected chi connectivity index (χ3v) is 3.05. The molecule has 0 saturated heterocycles. The summed E-state index contributed by atoms with van der Waals surface area (Å²) >= 11 is 0. The van der Waals surface area contributed by atoms with Crippen LogP contribution in [0.5, 0.6) is 0 Å². The number of nitrogens with two attached hydrogens (primary N) is 1. The zero-order valence-electron chi connectivity index (χ0n) is 11.1. The molecule has 0 saturated carbocycles. The van der Waals surface area contributed by atoms with Gasteiger partial charge in [0.25, 0.3) is 0 Å². The first-order valence-corrected chi connectivity index (χ1v) is 6.32. The van der Waals surface area contributed by atoms with Gasteiger partial charge in [-0.2, -0.15) is 18.3 Å². The van der Waals surface area contributed by atoms with Crippen LogP contribution >= 0.6 is 0 Å². The van der Waals surface area contributed by atoms with E-state index in [2.05, 4.69) is 5.10 Å². The van der Waals surface area contributed by atoms with Crippen molar-refractivity contribution >= 4 is 0 Å². The molecule has 20 heavy (non-hydrogen) atoms. The first-order chi connectivity index (χ1) is 9.41. The fraction of sp³-hybridized carbons (Fsp3) is 0.357. The number of nitrogens with zero attached hydrogens (tertiary/aromatic N) is 2. The predicted octanol–water partition coefficient (Wildman–Crippen LogP) is 3.00. The molecule has 0 amide bonds. The molecule has 108 valence electrons. The van der Waals surface area contributed by atoms with Crippen LogP contribution in [0.3, 0.4) is 0 Å². The highest BCUT2D eigenvalue weighted by Gasteiger charge is 2.30. The lowest BCUT2D eigenvalue weighted by atomic mass is 10.1. The molecule has 6 heteroatoms. The molecule has 0 bridgehead atoms. The van der Waals surface area contributed by atoms with Gasteiger partial charge in [-0.05, 0) is 37.6 Å². The van der Waals surface area contributed by atoms with Gasteiger partial charge >= 0.3 is 6.18 Å². The molecule has 1 aromatic heterocycles. The van der Waals surface area contributed by atoms with E-state index in [1.165, 1.54) is 6.07 Å². The van der Waals surface area contributed by atoms with Crippen molar-refractivity contribution in [2.24, 2.45) is 12.8 Å². The minimum Gasteiger partial charge on any atom is -0.330 e. The molecule has 0 aliphatic heterocycles. The van der Waals surface area contributed by atoms with Crippen molar-refractivity contribution in [3.63, 3.8) is 0 Å². The maximum absolute atomic E-state index is 12.7. The van der Waals surface area contributed by atoms with Crippen molar-refractivity contribution in [1.82, 2.24) is 9.78 Å². The van der Waals surface area contributed by atoms with E-state index in [4.69, 9.17) is 5.73 Å². The van der Waals surface area contributed by atoms with E-state index in [1.807, 2.05) is 6.07 Å². The van der Waals surface area contributed by atoms with E-state index >= 15 is 0 Å². The molecule has 1 heterocycles. The van der Waals surface area contributed by atoms with Crippen LogP contribution < -0.4 is 5.73 Å². The Morgan fingerprint density at radius 3 is 2.65 bits per heavy atom. The summed E-state index contributed by atoms with van der Waals surface area (Å²) in [7, 11) is 1.72. The normalized spacial score (nSPS) is 11.8. The van der Waals surface area contributed by atoms with Crippen molar-refractivity contribution in [3.05, 3.63) is 41.6 Å². The third kappa shape index (κ3) is 3.19. The Morgan fingerprint density at radius 2 is 2.00 bits per heavy atom.